The van der Waals surface area contributed by atoms with Gasteiger partial charge in [-0.05, 0) is 49.8 Å². The molecule has 0 radical (unpaired) electrons. The number of hydrogen-bond acceptors (Lipinski definition) is 4. The molecule has 2 aliphatic rings. The summed E-state index contributed by atoms with van der Waals surface area (Å²) in [6.07, 6.45) is 2.87. The standard InChI is InChI=1S/C25H32FNO4S/c1-19-8-11-24(20-6-4-3-5-7-20)32(28,29)27(19)17-21-9-10-22(16-23(21)26)25(18-30-2)12-14-31-15-13-25/h3-7,9-10,16,19,24H,8,11-15,17-18H2,1-2H3/t19-,24+/m0/s1. The topological polar surface area (TPSA) is 55.8 Å². The summed E-state index contributed by atoms with van der Waals surface area (Å²) in [7, 11) is -1.94. The third-order valence-corrected chi connectivity index (χ3v) is 9.43. The molecule has 0 unspecified atom stereocenters. The predicted octanol–water partition coefficient (Wildman–Crippen LogP) is 4.58. The highest BCUT2D eigenvalue weighted by Crippen LogP contribution is 2.39. The Morgan fingerprint density at radius 3 is 2.50 bits per heavy atom. The van der Waals surface area contributed by atoms with Crippen LogP contribution in [0, 0.1) is 5.82 Å². The highest BCUT2D eigenvalue weighted by Gasteiger charge is 2.41. The molecule has 174 valence electrons. The molecule has 2 aliphatic heterocycles. The molecule has 0 aromatic heterocycles. The molecule has 0 saturated carbocycles. The molecule has 2 aromatic carbocycles. The predicted molar refractivity (Wildman–Crippen MR) is 122 cm³/mol. The molecule has 7 heteroatoms. The van der Waals surface area contributed by atoms with Crippen LogP contribution in [-0.2, 0) is 31.5 Å². The first kappa shape index (κ1) is 23.4. The molecule has 0 bridgehead atoms. The molecular weight excluding hydrogens is 429 g/mol. The quantitative estimate of drug-likeness (QED) is 0.632. The van der Waals surface area contributed by atoms with Crippen LogP contribution in [0.25, 0.3) is 0 Å². The minimum Gasteiger partial charge on any atom is -0.384 e. The fourth-order valence-electron chi connectivity index (χ4n) is 5.08. The Labute approximate surface area is 190 Å². The molecular formula is C25H32FNO4S. The van der Waals surface area contributed by atoms with E-state index in [4.69, 9.17) is 9.47 Å². The summed E-state index contributed by atoms with van der Waals surface area (Å²) >= 11 is 0. The first-order valence-corrected chi connectivity index (χ1v) is 12.8. The van der Waals surface area contributed by atoms with E-state index in [9.17, 15) is 8.42 Å². The number of nitrogens with zero attached hydrogens (tertiary/aromatic N) is 1. The molecule has 5 nitrogen and oxygen atoms in total. The van der Waals surface area contributed by atoms with E-state index in [1.165, 1.54) is 4.31 Å². The van der Waals surface area contributed by atoms with Crippen molar-refractivity contribution in [2.45, 2.75) is 55.9 Å². The van der Waals surface area contributed by atoms with Crippen molar-refractivity contribution < 1.29 is 22.3 Å². The Hall–Kier alpha value is -1.80. The normalized spacial score (nSPS) is 25.5. The van der Waals surface area contributed by atoms with E-state index in [0.717, 1.165) is 30.4 Å². The summed E-state index contributed by atoms with van der Waals surface area (Å²) < 4.78 is 54.6. The van der Waals surface area contributed by atoms with Gasteiger partial charge in [0.05, 0.1) is 6.61 Å². The summed E-state index contributed by atoms with van der Waals surface area (Å²) in [5, 5.41) is -0.588. The van der Waals surface area contributed by atoms with Crippen LogP contribution in [0.15, 0.2) is 48.5 Å². The van der Waals surface area contributed by atoms with Crippen molar-refractivity contribution in [3.63, 3.8) is 0 Å². The number of methoxy groups -OCH3 is 1. The van der Waals surface area contributed by atoms with Gasteiger partial charge in [0.15, 0.2) is 0 Å². The second kappa shape index (κ2) is 9.59. The van der Waals surface area contributed by atoms with Crippen LogP contribution >= 0.6 is 0 Å². The SMILES string of the molecule is COCC1(c2ccc(CN3[C@@H](C)CC[C@H](c4ccccc4)S3(=O)=O)c(F)c2)CCOCC1. The van der Waals surface area contributed by atoms with Gasteiger partial charge >= 0.3 is 0 Å². The van der Waals surface area contributed by atoms with Crippen molar-refractivity contribution in [2.75, 3.05) is 26.9 Å². The van der Waals surface area contributed by atoms with Crippen molar-refractivity contribution in [3.8, 4) is 0 Å². The zero-order valence-electron chi connectivity index (χ0n) is 18.8. The van der Waals surface area contributed by atoms with E-state index >= 15 is 4.39 Å². The number of benzene rings is 2. The zero-order chi connectivity index (χ0) is 22.8. The van der Waals surface area contributed by atoms with Gasteiger partial charge in [-0.15, -0.1) is 0 Å². The molecule has 0 amide bonds. The molecule has 4 rings (SSSR count). The monoisotopic (exact) mass is 461 g/mol. The lowest BCUT2D eigenvalue weighted by Crippen LogP contribution is -2.45. The zero-order valence-corrected chi connectivity index (χ0v) is 19.6. The number of hydrogen-bond donors (Lipinski definition) is 0. The Morgan fingerprint density at radius 1 is 1.12 bits per heavy atom. The second-order valence-electron chi connectivity index (χ2n) is 9.05. The summed E-state index contributed by atoms with van der Waals surface area (Å²) in [5.74, 6) is -0.367. The van der Waals surface area contributed by atoms with E-state index in [1.54, 1.807) is 19.2 Å². The van der Waals surface area contributed by atoms with E-state index in [2.05, 4.69) is 0 Å². The smallest absolute Gasteiger partial charge is 0.221 e. The average Bonchev–Trinajstić information content (AvgIpc) is 2.78. The van der Waals surface area contributed by atoms with Crippen LogP contribution in [0.1, 0.15) is 54.5 Å². The van der Waals surface area contributed by atoms with Crippen molar-refractivity contribution in [2.24, 2.45) is 0 Å². The van der Waals surface area contributed by atoms with Gasteiger partial charge in [0, 0.05) is 43.9 Å². The van der Waals surface area contributed by atoms with Crippen LogP contribution in [0.5, 0.6) is 0 Å². The van der Waals surface area contributed by atoms with Gasteiger partial charge in [-0.2, -0.15) is 4.31 Å². The highest BCUT2D eigenvalue weighted by molar-refractivity contribution is 7.89. The van der Waals surface area contributed by atoms with Crippen LogP contribution in [-0.4, -0.2) is 45.7 Å². The number of sulfonamides is 1. The second-order valence-corrected chi connectivity index (χ2v) is 11.1. The van der Waals surface area contributed by atoms with Gasteiger partial charge in [-0.1, -0.05) is 42.5 Å². The average molecular weight is 462 g/mol. The first-order chi connectivity index (χ1) is 15.4. The van der Waals surface area contributed by atoms with E-state index in [-0.39, 0.29) is 23.8 Å². The maximum atomic E-state index is 15.3. The summed E-state index contributed by atoms with van der Waals surface area (Å²) in [5.41, 5.74) is 1.81. The van der Waals surface area contributed by atoms with Gasteiger partial charge < -0.3 is 9.47 Å². The van der Waals surface area contributed by atoms with Gasteiger partial charge in [-0.3, -0.25) is 0 Å². The minimum absolute atomic E-state index is 0.0410. The lowest BCUT2D eigenvalue weighted by Gasteiger charge is -2.38. The third-order valence-electron chi connectivity index (χ3n) is 7.06. The Morgan fingerprint density at radius 2 is 1.84 bits per heavy atom. The third kappa shape index (κ3) is 4.49. The van der Waals surface area contributed by atoms with E-state index < -0.39 is 15.3 Å². The fourth-order valence-corrected chi connectivity index (χ4v) is 7.27. The van der Waals surface area contributed by atoms with Crippen molar-refractivity contribution in [1.82, 2.24) is 4.31 Å². The lowest BCUT2D eigenvalue weighted by molar-refractivity contribution is 0.0135. The van der Waals surface area contributed by atoms with Crippen LogP contribution in [0.2, 0.25) is 0 Å². The maximum absolute atomic E-state index is 15.3. The molecule has 0 spiro atoms. The van der Waals surface area contributed by atoms with Crippen molar-refractivity contribution in [3.05, 3.63) is 71.0 Å². The fraction of sp³-hybridized carbons (Fsp3) is 0.520. The molecule has 2 heterocycles. The number of rotatable bonds is 6. The Bertz CT molecular complexity index is 1020. The molecule has 0 N–H and O–H groups in total. The summed E-state index contributed by atoms with van der Waals surface area (Å²) in [6, 6.07) is 14.4. The van der Waals surface area contributed by atoms with Gasteiger partial charge in [0.2, 0.25) is 10.0 Å². The highest BCUT2D eigenvalue weighted by atomic mass is 32.2. The van der Waals surface area contributed by atoms with Crippen LogP contribution < -0.4 is 0 Å². The molecule has 2 aromatic rings. The number of ether oxygens (including phenoxy) is 2. The van der Waals surface area contributed by atoms with Crippen LogP contribution in [0.4, 0.5) is 4.39 Å². The van der Waals surface area contributed by atoms with E-state index in [0.29, 0.717) is 31.8 Å². The van der Waals surface area contributed by atoms with E-state index in [1.807, 2.05) is 43.3 Å². The molecule has 0 aliphatic carbocycles. The maximum Gasteiger partial charge on any atom is 0.221 e. The first-order valence-electron chi connectivity index (χ1n) is 11.3. The van der Waals surface area contributed by atoms with Gasteiger partial charge in [0.1, 0.15) is 11.1 Å². The van der Waals surface area contributed by atoms with Gasteiger partial charge in [0.25, 0.3) is 0 Å². The van der Waals surface area contributed by atoms with Gasteiger partial charge in [-0.25, -0.2) is 12.8 Å². The van der Waals surface area contributed by atoms with Crippen molar-refractivity contribution >= 4 is 10.0 Å². The molecule has 32 heavy (non-hydrogen) atoms. The largest absolute Gasteiger partial charge is 0.384 e. The van der Waals surface area contributed by atoms with Crippen LogP contribution in [0.3, 0.4) is 0 Å². The summed E-state index contributed by atoms with van der Waals surface area (Å²) in [4.78, 5) is 0. The molecule has 2 fully saturated rings. The lowest BCUT2D eigenvalue weighted by atomic mass is 9.74. The minimum atomic E-state index is -3.60. The number of halogens is 1. The molecule has 2 saturated heterocycles. The van der Waals surface area contributed by atoms with Crippen molar-refractivity contribution in [1.29, 1.82) is 0 Å². The Kier molecular flexibility index (Phi) is 7.00. The molecule has 2 atom stereocenters. The Balaban J connectivity index is 1.60. The summed E-state index contributed by atoms with van der Waals surface area (Å²) in [6.45, 7) is 3.69.